The van der Waals surface area contributed by atoms with Crippen LogP contribution in [-0.4, -0.2) is 25.7 Å². The molecule has 2 N–H and O–H groups in total. The third-order valence-corrected chi connectivity index (χ3v) is 3.14. The first-order valence-electron chi connectivity index (χ1n) is 6.80. The molecule has 90 valence electrons. The van der Waals surface area contributed by atoms with Crippen molar-refractivity contribution in [2.45, 2.75) is 58.4 Å². The van der Waals surface area contributed by atoms with E-state index < -0.39 is 0 Å². The van der Waals surface area contributed by atoms with Crippen molar-refractivity contribution in [3.05, 3.63) is 0 Å². The van der Waals surface area contributed by atoms with Crippen LogP contribution < -0.4 is 10.6 Å². The van der Waals surface area contributed by atoms with Gasteiger partial charge in [-0.2, -0.15) is 0 Å². The molecule has 2 nitrogen and oxygen atoms in total. The molecule has 0 bridgehead atoms. The Labute approximate surface area is 95.2 Å². The average molecular weight is 212 g/mol. The minimum absolute atomic E-state index is 0.855. The van der Waals surface area contributed by atoms with Crippen LogP contribution in [-0.2, 0) is 0 Å². The number of hydrogen-bond donors (Lipinski definition) is 2. The van der Waals surface area contributed by atoms with E-state index in [9.17, 15) is 0 Å². The maximum Gasteiger partial charge on any atom is 0.00793 e. The number of nitrogens with one attached hydrogen (secondary N) is 2. The van der Waals surface area contributed by atoms with E-state index >= 15 is 0 Å². The molecule has 0 aromatic heterocycles. The SMILES string of the molecule is CCCC(CCC)CNCCNC1CC1. The summed E-state index contributed by atoms with van der Waals surface area (Å²) in [6.45, 7) is 8.08. The van der Waals surface area contributed by atoms with Gasteiger partial charge in [-0.05, 0) is 38.1 Å². The maximum atomic E-state index is 3.58. The van der Waals surface area contributed by atoms with Crippen LogP contribution in [0.4, 0.5) is 0 Å². The van der Waals surface area contributed by atoms with Crippen molar-refractivity contribution in [2.24, 2.45) is 5.92 Å². The quantitative estimate of drug-likeness (QED) is 0.544. The molecule has 1 saturated carbocycles. The molecule has 0 heterocycles. The van der Waals surface area contributed by atoms with Gasteiger partial charge in [-0.3, -0.25) is 0 Å². The highest BCUT2D eigenvalue weighted by molar-refractivity contribution is 4.80. The van der Waals surface area contributed by atoms with Gasteiger partial charge in [0.25, 0.3) is 0 Å². The minimum Gasteiger partial charge on any atom is -0.315 e. The normalized spacial score (nSPS) is 16.2. The minimum atomic E-state index is 0.855. The second kappa shape index (κ2) is 8.12. The Hall–Kier alpha value is -0.0800. The van der Waals surface area contributed by atoms with Gasteiger partial charge in [-0.15, -0.1) is 0 Å². The fourth-order valence-corrected chi connectivity index (χ4v) is 2.12. The monoisotopic (exact) mass is 212 g/mol. The highest BCUT2D eigenvalue weighted by atomic mass is 15.0. The highest BCUT2D eigenvalue weighted by Gasteiger charge is 2.19. The third kappa shape index (κ3) is 6.91. The summed E-state index contributed by atoms with van der Waals surface area (Å²) in [4.78, 5) is 0. The Morgan fingerprint density at radius 1 is 1.07 bits per heavy atom. The lowest BCUT2D eigenvalue weighted by Gasteiger charge is -2.16. The summed E-state index contributed by atoms with van der Waals surface area (Å²) in [6, 6.07) is 0.855. The molecule has 0 atom stereocenters. The summed E-state index contributed by atoms with van der Waals surface area (Å²) < 4.78 is 0. The maximum absolute atomic E-state index is 3.58. The van der Waals surface area contributed by atoms with Crippen molar-refractivity contribution < 1.29 is 0 Å². The van der Waals surface area contributed by atoms with Crippen molar-refractivity contribution in [2.75, 3.05) is 19.6 Å². The van der Waals surface area contributed by atoms with E-state index in [0.717, 1.165) is 25.0 Å². The molecular weight excluding hydrogens is 184 g/mol. The molecule has 0 amide bonds. The fourth-order valence-electron chi connectivity index (χ4n) is 2.12. The predicted octanol–water partition coefficient (Wildman–Crippen LogP) is 2.54. The van der Waals surface area contributed by atoms with Gasteiger partial charge in [0, 0.05) is 19.1 Å². The molecule has 15 heavy (non-hydrogen) atoms. The van der Waals surface area contributed by atoms with Crippen molar-refractivity contribution in [1.29, 1.82) is 0 Å². The molecule has 0 unspecified atom stereocenters. The zero-order chi connectivity index (χ0) is 10.9. The first-order chi connectivity index (χ1) is 7.36. The van der Waals surface area contributed by atoms with E-state index in [1.807, 2.05) is 0 Å². The van der Waals surface area contributed by atoms with E-state index in [0.29, 0.717) is 0 Å². The van der Waals surface area contributed by atoms with E-state index in [4.69, 9.17) is 0 Å². The van der Waals surface area contributed by atoms with Crippen LogP contribution in [0.3, 0.4) is 0 Å². The van der Waals surface area contributed by atoms with E-state index in [2.05, 4.69) is 24.5 Å². The summed E-state index contributed by atoms with van der Waals surface area (Å²) in [7, 11) is 0. The zero-order valence-electron chi connectivity index (χ0n) is 10.5. The second-order valence-corrected chi connectivity index (χ2v) is 4.88. The lowest BCUT2D eigenvalue weighted by atomic mass is 9.98. The van der Waals surface area contributed by atoms with Crippen LogP contribution in [0.25, 0.3) is 0 Å². The molecule has 0 aromatic rings. The van der Waals surface area contributed by atoms with E-state index in [1.165, 1.54) is 45.1 Å². The molecule has 0 aliphatic heterocycles. The Morgan fingerprint density at radius 2 is 1.73 bits per heavy atom. The van der Waals surface area contributed by atoms with Gasteiger partial charge in [0.2, 0.25) is 0 Å². The molecule has 0 spiro atoms. The summed E-state index contributed by atoms with van der Waals surface area (Å²) in [5, 5.41) is 7.11. The van der Waals surface area contributed by atoms with Crippen molar-refractivity contribution in [3.8, 4) is 0 Å². The third-order valence-electron chi connectivity index (χ3n) is 3.14. The van der Waals surface area contributed by atoms with Gasteiger partial charge in [0.15, 0.2) is 0 Å². The second-order valence-electron chi connectivity index (χ2n) is 4.88. The van der Waals surface area contributed by atoms with Gasteiger partial charge in [-0.1, -0.05) is 26.7 Å². The molecule has 1 fully saturated rings. The van der Waals surface area contributed by atoms with Crippen LogP contribution in [0, 0.1) is 5.92 Å². The topological polar surface area (TPSA) is 24.1 Å². The fraction of sp³-hybridized carbons (Fsp3) is 1.00. The van der Waals surface area contributed by atoms with Crippen molar-refractivity contribution in [3.63, 3.8) is 0 Å². The molecule has 1 rings (SSSR count). The molecule has 0 radical (unpaired) electrons. The van der Waals surface area contributed by atoms with Gasteiger partial charge in [-0.25, -0.2) is 0 Å². The first kappa shape index (κ1) is 13.0. The van der Waals surface area contributed by atoms with Crippen LogP contribution in [0.5, 0.6) is 0 Å². The number of rotatable bonds is 10. The summed E-state index contributed by atoms with van der Waals surface area (Å²) in [5.41, 5.74) is 0. The van der Waals surface area contributed by atoms with Gasteiger partial charge < -0.3 is 10.6 Å². The van der Waals surface area contributed by atoms with Crippen molar-refractivity contribution in [1.82, 2.24) is 10.6 Å². The van der Waals surface area contributed by atoms with Crippen LogP contribution >= 0.6 is 0 Å². The largest absolute Gasteiger partial charge is 0.315 e. The van der Waals surface area contributed by atoms with Crippen LogP contribution in [0.1, 0.15) is 52.4 Å². The molecule has 0 aromatic carbocycles. The molecule has 1 aliphatic rings. The van der Waals surface area contributed by atoms with Gasteiger partial charge in [0.1, 0.15) is 0 Å². The van der Waals surface area contributed by atoms with E-state index in [-0.39, 0.29) is 0 Å². The lowest BCUT2D eigenvalue weighted by Crippen LogP contribution is -2.31. The molecule has 2 heteroatoms. The van der Waals surface area contributed by atoms with Crippen molar-refractivity contribution >= 4 is 0 Å². The Kier molecular flexibility index (Phi) is 7.03. The standard InChI is InChI=1S/C13H28N2/c1-3-5-12(6-4-2)11-14-9-10-15-13-7-8-13/h12-15H,3-11H2,1-2H3. The Morgan fingerprint density at radius 3 is 2.27 bits per heavy atom. The van der Waals surface area contributed by atoms with E-state index in [1.54, 1.807) is 0 Å². The molecular formula is C13H28N2. The highest BCUT2D eigenvalue weighted by Crippen LogP contribution is 2.17. The Balaban J connectivity index is 1.89. The smallest absolute Gasteiger partial charge is 0.00793 e. The van der Waals surface area contributed by atoms with Gasteiger partial charge >= 0.3 is 0 Å². The first-order valence-corrected chi connectivity index (χ1v) is 6.80. The summed E-state index contributed by atoms with van der Waals surface area (Å²) in [6.07, 6.45) is 8.22. The lowest BCUT2D eigenvalue weighted by molar-refractivity contribution is 0.409. The predicted molar refractivity (Wildman–Crippen MR) is 67.2 cm³/mol. The molecule has 0 saturated heterocycles. The van der Waals surface area contributed by atoms with Crippen LogP contribution in [0.15, 0.2) is 0 Å². The summed E-state index contributed by atoms with van der Waals surface area (Å²) >= 11 is 0. The zero-order valence-corrected chi connectivity index (χ0v) is 10.5. The summed E-state index contributed by atoms with van der Waals surface area (Å²) in [5.74, 6) is 0.904. The van der Waals surface area contributed by atoms with Crippen LogP contribution in [0.2, 0.25) is 0 Å². The number of hydrogen-bond acceptors (Lipinski definition) is 2. The Bertz CT molecular complexity index is 137. The molecule has 1 aliphatic carbocycles. The van der Waals surface area contributed by atoms with Gasteiger partial charge in [0.05, 0.1) is 0 Å². The average Bonchev–Trinajstić information content (AvgIpc) is 3.02.